The second-order valence-corrected chi connectivity index (χ2v) is 4.57. The zero-order valence-corrected chi connectivity index (χ0v) is 9.44. The van der Waals surface area contributed by atoms with Crippen molar-refractivity contribution in [3.8, 4) is 0 Å². The average molecular weight is 219 g/mol. The van der Waals surface area contributed by atoms with E-state index in [2.05, 4.69) is 12.2 Å². The second kappa shape index (κ2) is 4.66. The van der Waals surface area contributed by atoms with Crippen LogP contribution in [0.1, 0.15) is 41.7 Å². The van der Waals surface area contributed by atoms with Crippen LogP contribution in [0.25, 0.3) is 0 Å². The lowest BCUT2D eigenvalue weighted by Gasteiger charge is -2.28. The van der Waals surface area contributed by atoms with Gasteiger partial charge in [0.15, 0.2) is 0 Å². The summed E-state index contributed by atoms with van der Waals surface area (Å²) in [4.78, 5) is 10.9. The molecule has 3 nitrogen and oxygen atoms in total. The van der Waals surface area contributed by atoms with Crippen molar-refractivity contribution >= 4 is 5.97 Å². The molecule has 2 rings (SSSR count). The molecule has 0 aromatic heterocycles. The monoisotopic (exact) mass is 219 g/mol. The van der Waals surface area contributed by atoms with Gasteiger partial charge in [-0.3, -0.25) is 0 Å². The Labute approximate surface area is 95.5 Å². The molecular weight excluding hydrogens is 202 g/mol. The minimum Gasteiger partial charge on any atom is -0.478 e. The Balaban J connectivity index is 2.14. The zero-order chi connectivity index (χ0) is 11.5. The van der Waals surface area contributed by atoms with Gasteiger partial charge in [0.05, 0.1) is 5.56 Å². The maximum atomic E-state index is 10.9. The van der Waals surface area contributed by atoms with Gasteiger partial charge >= 0.3 is 5.97 Å². The highest BCUT2D eigenvalue weighted by atomic mass is 16.4. The van der Waals surface area contributed by atoms with E-state index in [1.165, 1.54) is 6.42 Å². The molecule has 0 amide bonds. The van der Waals surface area contributed by atoms with E-state index >= 15 is 0 Å². The summed E-state index contributed by atoms with van der Waals surface area (Å²) in [6.45, 7) is 3.25. The smallest absolute Gasteiger partial charge is 0.335 e. The summed E-state index contributed by atoms with van der Waals surface area (Å²) in [5.41, 5.74) is 1.46. The first-order valence-electron chi connectivity index (χ1n) is 5.73. The fraction of sp³-hybridized carbons (Fsp3) is 0.462. The molecular formula is C13H17NO2. The minimum atomic E-state index is -0.856. The van der Waals surface area contributed by atoms with Gasteiger partial charge in [0.2, 0.25) is 0 Å². The molecule has 0 spiro atoms. The van der Waals surface area contributed by atoms with Crippen molar-refractivity contribution in [3.63, 3.8) is 0 Å². The molecule has 1 fully saturated rings. The van der Waals surface area contributed by atoms with Gasteiger partial charge in [-0.25, -0.2) is 4.79 Å². The van der Waals surface area contributed by atoms with Crippen molar-refractivity contribution in [3.05, 3.63) is 35.4 Å². The first-order chi connectivity index (χ1) is 7.66. The van der Waals surface area contributed by atoms with Crippen LogP contribution in [0.5, 0.6) is 0 Å². The van der Waals surface area contributed by atoms with E-state index in [0.717, 1.165) is 24.4 Å². The summed E-state index contributed by atoms with van der Waals surface area (Å²) in [6, 6.07) is 7.54. The summed E-state index contributed by atoms with van der Waals surface area (Å²) < 4.78 is 0. The highest BCUT2D eigenvalue weighted by molar-refractivity contribution is 5.87. The summed E-state index contributed by atoms with van der Waals surface area (Å²) in [6.07, 6.45) is 2.29. The number of carbonyl (C=O) groups is 1. The fourth-order valence-corrected chi connectivity index (χ4v) is 2.17. The maximum absolute atomic E-state index is 10.9. The normalized spacial score (nSPS) is 25.3. The molecule has 0 radical (unpaired) electrons. The topological polar surface area (TPSA) is 49.3 Å². The summed E-state index contributed by atoms with van der Waals surface area (Å²) in [7, 11) is 0. The Morgan fingerprint density at radius 2 is 2.25 bits per heavy atom. The van der Waals surface area contributed by atoms with Crippen molar-refractivity contribution in [1.82, 2.24) is 5.32 Å². The van der Waals surface area contributed by atoms with E-state index in [1.54, 1.807) is 12.1 Å². The molecule has 0 bridgehead atoms. The lowest BCUT2D eigenvalue weighted by molar-refractivity contribution is 0.0696. The molecule has 1 heterocycles. The zero-order valence-electron chi connectivity index (χ0n) is 9.44. The molecule has 0 saturated carbocycles. The van der Waals surface area contributed by atoms with Crippen LogP contribution in [0.3, 0.4) is 0 Å². The van der Waals surface area contributed by atoms with Gasteiger partial charge in [0.1, 0.15) is 0 Å². The lowest BCUT2D eigenvalue weighted by atomic mass is 9.91. The van der Waals surface area contributed by atoms with Gasteiger partial charge in [-0.05, 0) is 43.0 Å². The molecule has 1 aromatic carbocycles. The summed E-state index contributed by atoms with van der Waals surface area (Å²) in [5.74, 6) is -0.134. The van der Waals surface area contributed by atoms with Gasteiger partial charge in [-0.2, -0.15) is 0 Å². The van der Waals surface area contributed by atoms with Crippen molar-refractivity contribution < 1.29 is 9.90 Å². The number of rotatable bonds is 2. The number of carboxylic acids is 1. The molecule has 1 aliphatic rings. The molecule has 1 aliphatic heterocycles. The van der Waals surface area contributed by atoms with E-state index in [0.29, 0.717) is 11.6 Å². The standard InChI is InChI=1S/C13H17NO2/c1-9-5-6-12(14-8-9)10-3-2-4-11(7-10)13(15)16/h2-4,7,9,12,14H,5-6,8H2,1H3,(H,15,16). The van der Waals surface area contributed by atoms with Gasteiger partial charge in [0, 0.05) is 6.04 Å². The van der Waals surface area contributed by atoms with E-state index in [1.807, 2.05) is 12.1 Å². The van der Waals surface area contributed by atoms with Crippen molar-refractivity contribution in [2.45, 2.75) is 25.8 Å². The van der Waals surface area contributed by atoms with Crippen molar-refractivity contribution in [2.24, 2.45) is 5.92 Å². The van der Waals surface area contributed by atoms with Gasteiger partial charge in [0.25, 0.3) is 0 Å². The average Bonchev–Trinajstić information content (AvgIpc) is 2.30. The first kappa shape index (κ1) is 11.1. The van der Waals surface area contributed by atoms with E-state index in [4.69, 9.17) is 5.11 Å². The molecule has 1 saturated heterocycles. The largest absolute Gasteiger partial charge is 0.478 e. The summed E-state index contributed by atoms with van der Waals surface area (Å²) >= 11 is 0. The molecule has 16 heavy (non-hydrogen) atoms. The van der Waals surface area contributed by atoms with E-state index in [-0.39, 0.29) is 0 Å². The van der Waals surface area contributed by atoms with Crippen LogP contribution in [0.4, 0.5) is 0 Å². The Kier molecular flexibility index (Phi) is 3.25. The van der Waals surface area contributed by atoms with Gasteiger partial charge in [-0.15, -0.1) is 0 Å². The number of benzene rings is 1. The Morgan fingerprint density at radius 3 is 2.88 bits per heavy atom. The molecule has 0 aliphatic carbocycles. The fourth-order valence-electron chi connectivity index (χ4n) is 2.17. The quantitative estimate of drug-likeness (QED) is 0.803. The molecule has 2 unspecified atom stereocenters. The third-order valence-electron chi connectivity index (χ3n) is 3.20. The van der Waals surface area contributed by atoms with Gasteiger partial charge < -0.3 is 10.4 Å². The highest BCUT2D eigenvalue weighted by Gasteiger charge is 2.19. The highest BCUT2D eigenvalue weighted by Crippen LogP contribution is 2.25. The molecule has 1 aromatic rings. The third-order valence-corrected chi connectivity index (χ3v) is 3.20. The van der Waals surface area contributed by atoms with Crippen LogP contribution in [0.15, 0.2) is 24.3 Å². The SMILES string of the molecule is CC1CCC(c2cccc(C(=O)O)c2)NC1. The second-order valence-electron chi connectivity index (χ2n) is 4.57. The van der Waals surface area contributed by atoms with Gasteiger partial charge in [-0.1, -0.05) is 19.1 Å². The van der Waals surface area contributed by atoms with Crippen LogP contribution in [-0.2, 0) is 0 Å². The number of hydrogen-bond acceptors (Lipinski definition) is 2. The number of nitrogens with one attached hydrogen (secondary N) is 1. The lowest BCUT2D eigenvalue weighted by Crippen LogP contribution is -2.31. The van der Waals surface area contributed by atoms with Crippen molar-refractivity contribution in [1.29, 1.82) is 0 Å². The number of carboxylic acid groups (broad SMARTS) is 1. The van der Waals surface area contributed by atoms with Crippen LogP contribution in [0, 0.1) is 5.92 Å². The summed E-state index contributed by atoms with van der Waals surface area (Å²) in [5, 5.41) is 12.4. The predicted octanol–water partition coefficient (Wildman–Crippen LogP) is 2.45. The van der Waals surface area contributed by atoms with E-state index < -0.39 is 5.97 Å². The van der Waals surface area contributed by atoms with Crippen LogP contribution in [-0.4, -0.2) is 17.6 Å². The van der Waals surface area contributed by atoms with Crippen LogP contribution >= 0.6 is 0 Å². The molecule has 3 heteroatoms. The molecule has 2 atom stereocenters. The van der Waals surface area contributed by atoms with Crippen molar-refractivity contribution in [2.75, 3.05) is 6.54 Å². The molecule has 2 N–H and O–H groups in total. The molecule has 86 valence electrons. The Bertz CT molecular complexity index is 381. The Hall–Kier alpha value is -1.35. The van der Waals surface area contributed by atoms with Crippen LogP contribution < -0.4 is 5.32 Å². The minimum absolute atomic E-state index is 0.315. The number of hydrogen-bond donors (Lipinski definition) is 2. The number of piperidine rings is 1. The van der Waals surface area contributed by atoms with Crippen LogP contribution in [0.2, 0.25) is 0 Å². The number of aromatic carboxylic acids is 1. The van der Waals surface area contributed by atoms with E-state index in [9.17, 15) is 4.79 Å². The first-order valence-corrected chi connectivity index (χ1v) is 5.73. The predicted molar refractivity (Wildman–Crippen MR) is 62.5 cm³/mol. The Morgan fingerprint density at radius 1 is 1.44 bits per heavy atom. The third kappa shape index (κ3) is 2.42. The maximum Gasteiger partial charge on any atom is 0.335 e.